The lowest BCUT2D eigenvalue weighted by Crippen LogP contribution is -2.28. The quantitative estimate of drug-likeness (QED) is 0.757. The number of fused-ring (bicyclic) bond motifs is 1. The van der Waals surface area contributed by atoms with E-state index in [-0.39, 0.29) is 29.8 Å². The van der Waals surface area contributed by atoms with Crippen molar-refractivity contribution in [1.82, 2.24) is 14.8 Å². The Labute approximate surface area is 150 Å². The van der Waals surface area contributed by atoms with Crippen molar-refractivity contribution in [3.63, 3.8) is 0 Å². The molecule has 2 heterocycles. The molecule has 2 atom stereocenters. The molecule has 0 saturated carbocycles. The summed E-state index contributed by atoms with van der Waals surface area (Å²) in [6.07, 6.45) is 0.728. The number of amides is 1. The molecule has 2 unspecified atom stereocenters. The lowest BCUT2D eigenvalue weighted by molar-refractivity contribution is -0.114. The fraction of sp³-hybridized carbons (Fsp3) is 0.211. The van der Waals surface area contributed by atoms with Crippen LogP contribution in [-0.4, -0.2) is 20.7 Å². The van der Waals surface area contributed by atoms with E-state index in [9.17, 15) is 9.18 Å². The molecule has 0 bridgehead atoms. The lowest BCUT2D eigenvalue weighted by atomic mass is 9.93. The van der Waals surface area contributed by atoms with Crippen LogP contribution in [0, 0.1) is 5.82 Å². The molecule has 26 heavy (non-hydrogen) atoms. The zero-order valence-corrected chi connectivity index (χ0v) is 14.2. The molecule has 0 fully saturated rings. The number of carbonyl (C=O) groups excluding carboxylic acids is 1. The third-order valence-corrected chi connectivity index (χ3v) is 4.43. The van der Waals surface area contributed by atoms with E-state index in [1.165, 1.54) is 19.1 Å². The zero-order valence-electron chi connectivity index (χ0n) is 14.2. The second-order valence-corrected chi connectivity index (χ2v) is 6.30. The zero-order chi connectivity index (χ0) is 18.1. The maximum atomic E-state index is 13.3. The van der Waals surface area contributed by atoms with Gasteiger partial charge in [0.15, 0.2) is 0 Å². The van der Waals surface area contributed by atoms with Gasteiger partial charge in [0.1, 0.15) is 5.82 Å². The van der Waals surface area contributed by atoms with Gasteiger partial charge in [-0.3, -0.25) is 10.1 Å². The maximum absolute atomic E-state index is 13.3. The number of halogens is 1. The Kier molecular flexibility index (Phi) is 4.12. The van der Waals surface area contributed by atoms with Gasteiger partial charge in [-0.1, -0.05) is 42.5 Å². The second-order valence-electron chi connectivity index (χ2n) is 6.30. The number of hydrogen-bond donors (Lipinski definition) is 2. The molecule has 1 aliphatic rings. The van der Waals surface area contributed by atoms with E-state index in [4.69, 9.17) is 0 Å². The Morgan fingerprint density at radius 1 is 1.15 bits per heavy atom. The minimum absolute atomic E-state index is 0.0353. The fourth-order valence-corrected chi connectivity index (χ4v) is 3.25. The molecule has 1 amide bonds. The van der Waals surface area contributed by atoms with Crippen LogP contribution in [0.3, 0.4) is 0 Å². The normalized spacial score (nSPS) is 18.7. The molecule has 1 aliphatic heterocycles. The van der Waals surface area contributed by atoms with Gasteiger partial charge in [0, 0.05) is 6.92 Å². The van der Waals surface area contributed by atoms with Gasteiger partial charge >= 0.3 is 0 Å². The van der Waals surface area contributed by atoms with E-state index >= 15 is 0 Å². The van der Waals surface area contributed by atoms with E-state index < -0.39 is 0 Å². The number of anilines is 2. The van der Waals surface area contributed by atoms with Crippen LogP contribution in [0.15, 0.2) is 54.6 Å². The van der Waals surface area contributed by atoms with Crippen molar-refractivity contribution in [1.29, 1.82) is 0 Å². The smallest absolute Gasteiger partial charge is 0.250 e. The first-order valence-electron chi connectivity index (χ1n) is 8.41. The Hall–Kier alpha value is -3.22. The molecule has 1 aromatic heterocycles. The molecule has 132 valence electrons. The van der Waals surface area contributed by atoms with Crippen molar-refractivity contribution in [3.05, 3.63) is 71.5 Å². The van der Waals surface area contributed by atoms with E-state index in [0.29, 0.717) is 5.95 Å². The van der Waals surface area contributed by atoms with Gasteiger partial charge in [-0.05, 0) is 29.7 Å². The van der Waals surface area contributed by atoms with Gasteiger partial charge in [-0.15, -0.1) is 5.10 Å². The summed E-state index contributed by atoms with van der Waals surface area (Å²) in [5.41, 5.74) is 2.07. The molecule has 2 aromatic carbocycles. The first kappa shape index (κ1) is 16.3. The van der Waals surface area contributed by atoms with Gasteiger partial charge in [0.2, 0.25) is 11.9 Å². The largest absolute Gasteiger partial charge is 0.347 e. The lowest BCUT2D eigenvalue weighted by Gasteiger charge is -2.31. The van der Waals surface area contributed by atoms with E-state index in [1.807, 2.05) is 18.2 Å². The summed E-state index contributed by atoms with van der Waals surface area (Å²) >= 11 is 0. The van der Waals surface area contributed by atoms with Crippen LogP contribution in [0.2, 0.25) is 0 Å². The maximum Gasteiger partial charge on any atom is 0.250 e. The molecule has 0 saturated heterocycles. The highest BCUT2D eigenvalue weighted by Gasteiger charge is 2.31. The number of rotatable bonds is 3. The van der Waals surface area contributed by atoms with Gasteiger partial charge in [0.05, 0.1) is 12.1 Å². The number of hydrogen-bond acceptors (Lipinski definition) is 4. The van der Waals surface area contributed by atoms with Crippen LogP contribution in [0.4, 0.5) is 16.3 Å². The molecule has 4 rings (SSSR count). The molecule has 3 aromatic rings. The van der Waals surface area contributed by atoms with Crippen LogP contribution in [-0.2, 0) is 4.79 Å². The molecule has 0 aliphatic carbocycles. The summed E-state index contributed by atoms with van der Waals surface area (Å²) in [6, 6.07) is 16.4. The molecule has 2 N–H and O–H groups in total. The second kappa shape index (κ2) is 6.59. The Morgan fingerprint density at radius 2 is 1.88 bits per heavy atom. The molecule has 6 nitrogen and oxygen atoms in total. The van der Waals surface area contributed by atoms with Crippen molar-refractivity contribution < 1.29 is 9.18 Å². The van der Waals surface area contributed by atoms with Crippen LogP contribution in [0.25, 0.3) is 0 Å². The SMILES string of the molecule is CC(=O)Nc1nc2n(n1)C(c1ccc(F)cc1)CC(c1ccccc1)N2. The summed E-state index contributed by atoms with van der Waals surface area (Å²) in [6.45, 7) is 1.41. The van der Waals surface area contributed by atoms with E-state index in [0.717, 1.165) is 17.5 Å². The van der Waals surface area contributed by atoms with Crippen LogP contribution < -0.4 is 10.6 Å². The number of nitrogens with one attached hydrogen (secondary N) is 2. The summed E-state index contributed by atoms with van der Waals surface area (Å²) < 4.78 is 15.1. The highest BCUT2D eigenvalue weighted by Crippen LogP contribution is 2.38. The van der Waals surface area contributed by atoms with Crippen LogP contribution >= 0.6 is 0 Å². The van der Waals surface area contributed by atoms with Crippen LogP contribution in [0.1, 0.15) is 36.6 Å². The third-order valence-electron chi connectivity index (χ3n) is 4.43. The van der Waals surface area contributed by atoms with Crippen molar-refractivity contribution in [2.75, 3.05) is 10.6 Å². The Bertz CT molecular complexity index is 923. The molecule has 0 radical (unpaired) electrons. The van der Waals surface area contributed by atoms with E-state index in [2.05, 4.69) is 32.8 Å². The van der Waals surface area contributed by atoms with Gasteiger partial charge in [-0.2, -0.15) is 4.98 Å². The third kappa shape index (κ3) is 3.15. The fourth-order valence-electron chi connectivity index (χ4n) is 3.25. The van der Waals surface area contributed by atoms with Crippen molar-refractivity contribution in [2.45, 2.75) is 25.4 Å². The van der Waals surface area contributed by atoms with Crippen LogP contribution in [0.5, 0.6) is 0 Å². The monoisotopic (exact) mass is 351 g/mol. The van der Waals surface area contributed by atoms with E-state index in [1.54, 1.807) is 16.8 Å². The highest BCUT2D eigenvalue weighted by molar-refractivity contribution is 5.86. The molecular formula is C19H18FN5O. The number of carbonyl (C=O) groups is 1. The summed E-state index contributed by atoms with van der Waals surface area (Å²) in [5.74, 6) is 0.315. The predicted molar refractivity (Wildman–Crippen MR) is 96.3 cm³/mol. The topological polar surface area (TPSA) is 71.8 Å². The average Bonchev–Trinajstić information content (AvgIpc) is 3.04. The van der Waals surface area contributed by atoms with Crippen molar-refractivity contribution in [3.8, 4) is 0 Å². The first-order valence-corrected chi connectivity index (χ1v) is 8.41. The molecule has 0 spiro atoms. The standard InChI is InChI=1S/C19H18FN5O/c1-12(26)21-18-23-19-22-16(13-5-3-2-4-6-13)11-17(25(19)24-18)14-7-9-15(20)10-8-14/h2-10,16-17H,11H2,1H3,(H2,21,22,23,24,26). The van der Waals surface area contributed by atoms with Crippen molar-refractivity contribution in [2.24, 2.45) is 0 Å². The summed E-state index contributed by atoms with van der Waals surface area (Å²) in [7, 11) is 0. The number of nitrogens with zero attached hydrogens (tertiary/aromatic N) is 3. The summed E-state index contributed by atoms with van der Waals surface area (Å²) in [4.78, 5) is 15.7. The number of benzene rings is 2. The number of aromatic nitrogens is 3. The minimum atomic E-state index is -0.278. The van der Waals surface area contributed by atoms with Gasteiger partial charge in [-0.25, -0.2) is 9.07 Å². The highest BCUT2D eigenvalue weighted by atomic mass is 19.1. The molecular weight excluding hydrogens is 333 g/mol. The Balaban J connectivity index is 1.75. The average molecular weight is 351 g/mol. The molecule has 7 heteroatoms. The van der Waals surface area contributed by atoms with Gasteiger partial charge < -0.3 is 5.32 Å². The minimum Gasteiger partial charge on any atom is -0.347 e. The predicted octanol–water partition coefficient (Wildman–Crippen LogP) is 3.52. The van der Waals surface area contributed by atoms with Gasteiger partial charge in [0.25, 0.3) is 5.95 Å². The van der Waals surface area contributed by atoms with Crippen molar-refractivity contribution >= 4 is 17.8 Å². The Morgan fingerprint density at radius 3 is 2.58 bits per heavy atom. The first-order chi connectivity index (χ1) is 12.6. The summed E-state index contributed by atoms with van der Waals surface area (Å²) in [5, 5.41) is 10.4.